The minimum atomic E-state index is -1.20. The van der Waals surface area contributed by atoms with E-state index in [-0.39, 0.29) is 5.82 Å². The van der Waals surface area contributed by atoms with Crippen LogP contribution in [-0.4, -0.2) is 33.5 Å². The molecule has 0 radical (unpaired) electrons. The van der Waals surface area contributed by atoms with Gasteiger partial charge >= 0.3 is 11.7 Å². The van der Waals surface area contributed by atoms with Crippen LogP contribution in [0.2, 0.25) is 0 Å². The second kappa shape index (κ2) is 5.79. The van der Waals surface area contributed by atoms with Gasteiger partial charge in [0.25, 0.3) is 5.91 Å². The summed E-state index contributed by atoms with van der Waals surface area (Å²) in [6.45, 7) is -0.579. The van der Waals surface area contributed by atoms with Gasteiger partial charge in [0.1, 0.15) is 12.4 Å². The highest BCUT2D eigenvalue weighted by molar-refractivity contribution is 6.07. The van der Waals surface area contributed by atoms with Gasteiger partial charge < -0.3 is 10.1 Å². The Labute approximate surface area is 113 Å². The van der Waals surface area contributed by atoms with Crippen molar-refractivity contribution in [2.75, 3.05) is 11.4 Å². The zero-order valence-electron chi connectivity index (χ0n) is 10.3. The monoisotopic (exact) mass is 273 g/mol. The number of carboxylic acid groups (broad SMARTS) is 1. The van der Waals surface area contributed by atoms with E-state index in [2.05, 4.69) is 9.97 Å². The molecule has 1 aromatic heterocycles. The van der Waals surface area contributed by atoms with Crippen molar-refractivity contribution in [3.05, 3.63) is 58.6 Å². The van der Waals surface area contributed by atoms with E-state index < -0.39 is 24.1 Å². The first-order chi connectivity index (χ1) is 9.58. The number of hydrogen-bond donors (Lipinski definition) is 2. The third-order valence-corrected chi connectivity index (χ3v) is 2.49. The van der Waals surface area contributed by atoms with Crippen molar-refractivity contribution in [2.24, 2.45) is 0 Å². The number of carbonyl (C=O) groups is 2. The standard InChI is InChI=1S/C13H11N3O4/c17-11(18)8-16(10-6-7-14-13(20)15-10)12(19)9-4-2-1-3-5-9/h1-7H,8H2,(H,17,18)(H,14,15,20). The summed E-state index contributed by atoms with van der Waals surface area (Å²) in [5.41, 5.74) is -0.338. The second-order valence-electron chi connectivity index (χ2n) is 3.90. The predicted octanol–water partition coefficient (Wildman–Crippen LogP) is 0.501. The van der Waals surface area contributed by atoms with Gasteiger partial charge in [0.05, 0.1) is 0 Å². The summed E-state index contributed by atoms with van der Waals surface area (Å²) in [7, 11) is 0. The molecule has 0 saturated carbocycles. The second-order valence-corrected chi connectivity index (χ2v) is 3.90. The summed E-state index contributed by atoms with van der Waals surface area (Å²) in [4.78, 5) is 41.2. The summed E-state index contributed by atoms with van der Waals surface area (Å²) in [5, 5.41) is 8.90. The molecule has 0 spiro atoms. The van der Waals surface area contributed by atoms with Crippen LogP contribution in [0.25, 0.3) is 0 Å². The Morgan fingerprint density at radius 1 is 1.20 bits per heavy atom. The quantitative estimate of drug-likeness (QED) is 0.844. The van der Waals surface area contributed by atoms with Gasteiger partial charge in [-0.25, -0.2) is 4.79 Å². The SMILES string of the molecule is O=C(O)CN(C(=O)c1ccccc1)c1cc[nH]c(=O)n1. The van der Waals surface area contributed by atoms with Crippen molar-refractivity contribution in [3.8, 4) is 0 Å². The van der Waals surface area contributed by atoms with Crippen molar-refractivity contribution < 1.29 is 14.7 Å². The number of nitrogens with zero attached hydrogens (tertiary/aromatic N) is 2. The molecule has 0 bridgehead atoms. The first kappa shape index (κ1) is 13.5. The summed E-state index contributed by atoms with van der Waals surface area (Å²) < 4.78 is 0. The number of carbonyl (C=O) groups excluding carboxylic acids is 1. The highest BCUT2D eigenvalue weighted by atomic mass is 16.4. The number of carboxylic acids is 1. The molecule has 1 heterocycles. The Kier molecular flexibility index (Phi) is 3.90. The topological polar surface area (TPSA) is 103 Å². The fourth-order valence-electron chi connectivity index (χ4n) is 1.64. The first-order valence-corrected chi connectivity index (χ1v) is 5.72. The lowest BCUT2D eigenvalue weighted by molar-refractivity contribution is -0.135. The third kappa shape index (κ3) is 3.08. The van der Waals surface area contributed by atoms with E-state index in [4.69, 9.17) is 5.11 Å². The van der Waals surface area contributed by atoms with Gasteiger partial charge in [-0.1, -0.05) is 18.2 Å². The number of aliphatic carboxylic acids is 1. The predicted molar refractivity (Wildman–Crippen MR) is 70.6 cm³/mol. The molecule has 7 nitrogen and oxygen atoms in total. The minimum absolute atomic E-state index is 0.00926. The van der Waals surface area contributed by atoms with Crippen LogP contribution < -0.4 is 10.6 Å². The highest BCUT2D eigenvalue weighted by Crippen LogP contribution is 2.12. The van der Waals surface area contributed by atoms with Gasteiger partial charge in [0, 0.05) is 11.8 Å². The van der Waals surface area contributed by atoms with Crippen molar-refractivity contribution in [3.63, 3.8) is 0 Å². The Morgan fingerprint density at radius 3 is 2.50 bits per heavy atom. The Hall–Kier alpha value is -2.96. The van der Waals surface area contributed by atoms with Crippen LogP contribution in [-0.2, 0) is 4.79 Å². The van der Waals surface area contributed by atoms with Crippen molar-refractivity contribution in [2.45, 2.75) is 0 Å². The van der Waals surface area contributed by atoms with Crippen LogP contribution in [0.3, 0.4) is 0 Å². The molecule has 0 atom stereocenters. The number of hydrogen-bond acceptors (Lipinski definition) is 4. The largest absolute Gasteiger partial charge is 0.480 e. The maximum atomic E-state index is 12.3. The van der Waals surface area contributed by atoms with Gasteiger partial charge in [-0.2, -0.15) is 4.98 Å². The molecule has 7 heteroatoms. The van der Waals surface area contributed by atoms with E-state index in [9.17, 15) is 14.4 Å². The smallest absolute Gasteiger partial charge is 0.346 e. The lowest BCUT2D eigenvalue weighted by atomic mass is 10.2. The van der Waals surface area contributed by atoms with Crippen molar-refractivity contribution in [1.29, 1.82) is 0 Å². The summed E-state index contributed by atoms with van der Waals surface area (Å²) in [5.74, 6) is -1.74. The fraction of sp³-hybridized carbons (Fsp3) is 0.0769. The molecule has 0 fully saturated rings. The number of aromatic nitrogens is 2. The van der Waals surface area contributed by atoms with E-state index in [1.54, 1.807) is 30.3 Å². The lowest BCUT2D eigenvalue weighted by Crippen LogP contribution is -2.37. The number of aromatic amines is 1. The van der Waals surface area contributed by atoms with Crippen LogP contribution in [0, 0.1) is 0 Å². The Bertz CT molecular complexity index is 681. The molecule has 0 aliphatic carbocycles. The Balaban J connectivity index is 2.40. The molecule has 1 aromatic carbocycles. The molecule has 0 unspecified atom stereocenters. The number of nitrogens with one attached hydrogen (secondary N) is 1. The number of rotatable bonds is 4. The molecule has 2 N–H and O–H groups in total. The van der Waals surface area contributed by atoms with E-state index in [1.165, 1.54) is 12.3 Å². The molecule has 2 rings (SSSR count). The average molecular weight is 273 g/mol. The highest BCUT2D eigenvalue weighted by Gasteiger charge is 2.21. The first-order valence-electron chi connectivity index (χ1n) is 5.72. The molecule has 0 aliphatic heterocycles. The van der Waals surface area contributed by atoms with Crippen LogP contribution in [0.4, 0.5) is 5.82 Å². The lowest BCUT2D eigenvalue weighted by Gasteiger charge is -2.19. The van der Waals surface area contributed by atoms with Gasteiger partial charge in [-0.15, -0.1) is 0 Å². The maximum absolute atomic E-state index is 12.3. The summed E-state index contributed by atoms with van der Waals surface area (Å²) in [6.07, 6.45) is 1.30. The number of amides is 1. The third-order valence-electron chi connectivity index (χ3n) is 2.49. The molecule has 20 heavy (non-hydrogen) atoms. The molecular weight excluding hydrogens is 262 g/mol. The number of anilines is 1. The summed E-state index contributed by atoms with van der Waals surface area (Å²) >= 11 is 0. The average Bonchev–Trinajstić information content (AvgIpc) is 2.45. The van der Waals surface area contributed by atoms with Crippen LogP contribution in [0.15, 0.2) is 47.4 Å². The van der Waals surface area contributed by atoms with E-state index >= 15 is 0 Å². The maximum Gasteiger partial charge on any atom is 0.346 e. The normalized spacial score (nSPS) is 10.0. The zero-order chi connectivity index (χ0) is 14.5. The molecule has 0 aliphatic rings. The van der Waals surface area contributed by atoms with Crippen LogP contribution in [0.5, 0.6) is 0 Å². The van der Waals surface area contributed by atoms with Crippen LogP contribution in [0.1, 0.15) is 10.4 Å². The molecule has 102 valence electrons. The minimum Gasteiger partial charge on any atom is -0.480 e. The Morgan fingerprint density at radius 2 is 1.90 bits per heavy atom. The van der Waals surface area contributed by atoms with Crippen molar-refractivity contribution >= 4 is 17.7 Å². The summed E-state index contributed by atoms with van der Waals surface area (Å²) in [6, 6.07) is 9.55. The zero-order valence-corrected chi connectivity index (χ0v) is 10.3. The number of H-pyrrole nitrogens is 1. The fourth-order valence-corrected chi connectivity index (χ4v) is 1.64. The van der Waals surface area contributed by atoms with E-state index in [1.807, 2.05) is 0 Å². The molecule has 1 amide bonds. The molecule has 0 saturated heterocycles. The van der Waals surface area contributed by atoms with Gasteiger partial charge in [0.15, 0.2) is 0 Å². The molecule has 2 aromatic rings. The molecular formula is C13H11N3O4. The van der Waals surface area contributed by atoms with Crippen LogP contribution >= 0.6 is 0 Å². The van der Waals surface area contributed by atoms with Gasteiger partial charge in [0.2, 0.25) is 0 Å². The van der Waals surface area contributed by atoms with E-state index in [0.717, 1.165) is 4.90 Å². The van der Waals surface area contributed by atoms with Crippen molar-refractivity contribution in [1.82, 2.24) is 9.97 Å². The number of benzene rings is 1. The van der Waals surface area contributed by atoms with E-state index in [0.29, 0.717) is 5.56 Å². The van der Waals surface area contributed by atoms with Gasteiger partial charge in [-0.3, -0.25) is 14.5 Å². The van der Waals surface area contributed by atoms with Gasteiger partial charge in [-0.05, 0) is 18.2 Å².